The number of carboxylic acid groups (broad SMARTS) is 1. The number of aliphatic carboxylic acids is 1. The number of hydrogen-bond acceptors (Lipinski definition) is 5. The second-order valence-electron chi connectivity index (χ2n) is 4.50. The molecule has 1 amide bonds. The minimum Gasteiger partial charge on any atom is -0.471 e. The van der Waals surface area contributed by atoms with Crippen LogP contribution in [0.5, 0.6) is 0 Å². The number of amides is 1. The Morgan fingerprint density at radius 2 is 2.10 bits per heavy atom. The Kier molecular flexibility index (Phi) is 5.54. The Bertz CT molecular complexity index is 414. The summed E-state index contributed by atoms with van der Waals surface area (Å²) in [6.45, 7) is 0.366. The summed E-state index contributed by atoms with van der Waals surface area (Å²) in [6.07, 6.45) is -7.03. The molecule has 0 spiro atoms. The quantitative estimate of drug-likeness (QED) is 0.281. The highest BCUT2D eigenvalue weighted by Crippen LogP contribution is 2.19. The fourth-order valence-corrected chi connectivity index (χ4v) is 1.99. The van der Waals surface area contributed by atoms with Crippen LogP contribution < -0.4 is 5.32 Å². The summed E-state index contributed by atoms with van der Waals surface area (Å²) in [6, 6.07) is -1.03. The minimum absolute atomic E-state index is 0.416. The van der Waals surface area contributed by atoms with Crippen molar-refractivity contribution in [1.82, 2.24) is 5.32 Å². The molecule has 1 rings (SSSR count). The molecule has 1 aliphatic rings. The van der Waals surface area contributed by atoms with Crippen molar-refractivity contribution in [2.75, 3.05) is 6.61 Å². The predicted octanol–water partition coefficient (Wildman–Crippen LogP) is -2.49. The van der Waals surface area contributed by atoms with E-state index < -0.39 is 61.2 Å². The molecule has 0 aromatic carbocycles. The van der Waals surface area contributed by atoms with Gasteiger partial charge in [0.2, 0.25) is 12.1 Å². The molecule has 0 bridgehead atoms. The van der Waals surface area contributed by atoms with Gasteiger partial charge < -0.3 is 25.7 Å². The Morgan fingerprint density at radius 3 is 2.55 bits per heavy atom. The largest absolute Gasteiger partial charge is 0.471 e. The number of carboxylic acids is 1. The molecule has 0 unspecified atom stereocenters. The van der Waals surface area contributed by atoms with E-state index in [-0.39, 0.29) is 0 Å². The van der Waals surface area contributed by atoms with Crippen LogP contribution in [0, 0.1) is 0 Å². The molecule has 9 heteroatoms. The molecular formula is C11H17FNO7+. The van der Waals surface area contributed by atoms with E-state index in [1.165, 1.54) is 0 Å². The minimum atomic E-state index is -1.95. The third kappa shape index (κ3) is 3.71. The van der Waals surface area contributed by atoms with E-state index >= 15 is 0 Å². The predicted molar refractivity (Wildman–Crippen MR) is 62.6 cm³/mol. The lowest BCUT2D eigenvalue weighted by Gasteiger charge is -2.26. The standard InChI is InChI=1S/C11H16FNO7/c1-4(15)13-6-2-5(12)9(11(18)19)20-10(6)8(17)7(16)3-14/h5-8,10,14,16-17H,2-3H2,1H3,(H-,13,15,18,19)/p+1/t5-,6-,7-,8-,10-/m1/s1. The Labute approximate surface area is 113 Å². The van der Waals surface area contributed by atoms with Gasteiger partial charge in [0, 0.05) is 13.3 Å². The lowest BCUT2D eigenvalue weighted by Crippen LogP contribution is -2.58. The Balaban J connectivity index is 3.07. The first-order valence-corrected chi connectivity index (χ1v) is 5.92. The fraction of sp³-hybridized carbons (Fsp3) is 0.727. The second kappa shape index (κ2) is 6.73. The first-order chi connectivity index (χ1) is 9.27. The number of halogens is 1. The molecular weight excluding hydrogens is 277 g/mol. The fourth-order valence-electron chi connectivity index (χ4n) is 1.99. The van der Waals surface area contributed by atoms with Crippen LogP contribution in [0.25, 0.3) is 0 Å². The zero-order valence-electron chi connectivity index (χ0n) is 10.7. The number of carbonyl (C=O) groups excluding carboxylic acids is 2. The van der Waals surface area contributed by atoms with Gasteiger partial charge in [0.25, 0.3) is 0 Å². The van der Waals surface area contributed by atoms with Crippen LogP contribution in [0.4, 0.5) is 4.39 Å². The number of hydrogen-bond donors (Lipinski definition) is 5. The highest BCUT2D eigenvalue weighted by Gasteiger charge is 2.51. The van der Waals surface area contributed by atoms with Gasteiger partial charge in [0.1, 0.15) is 12.1 Å². The van der Waals surface area contributed by atoms with Crippen molar-refractivity contribution in [3.63, 3.8) is 0 Å². The highest BCUT2D eigenvalue weighted by molar-refractivity contribution is 6.34. The van der Waals surface area contributed by atoms with Gasteiger partial charge in [-0.3, -0.25) is 4.79 Å². The number of nitrogens with one attached hydrogen (secondary N) is 1. The average Bonchev–Trinajstić information content (AvgIpc) is 2.36. The third-order valence-electron chi connectivity index (χ3n) is 2.92. The smallest absolute Gasteiger partial charge is 0.437 e. The van der Waals surface area contributed by atoms with Crippen molar-refractivity contribution in [3.8, 4) is 0 Å². The molecule has 0 saturated heterocycles. The summed E-state index contributed by atoms with van der Waals surface area (Å²) in [7, 11) is 0. The summed E-state index contributed by atoms with van der Waals surface area (Å²) in [5.74, 6) is -3.06. The monoisotopic (exact) mass is 294 g/mol. The summed E-state index contributed by atoms with van der Waals surface area (Å²) in [4.78, 5) is 21.9. The third-order valence-corrected chi connectivity index (χ3v) is 2.92. The number of ketones is 1. The summed E-state index contributed by atoms with van der Waals surface area (Å²) < 4.78 is 18.5. The maximum absolute atomic E-state index is 13.6. The van der Waals surface area contributed by atoms with Gasteiger partial charge >= 0.3 is 17.9 Å². The lowest BCUT2D eigenvalue weighted by atomic mass is 9.93. The molecule has 1 aliphatic heterocycles. The number of aliphatic hydroxyl groups is 3. The molecule has 0 saturated carbocycles. The molecule has 0 radical (unpaired) electrons. The van der Waals surface area contributed by atoms with Crippen molar-refractivity contribution in [3.05, 3.63) is 0 Å². The highest BCUT2D eigenvalue weighted by atomic mass is 19.1. The van der Waals surface area contributed by atoms with Crippen LogP contribution in [0.3, 0.4) is 0 Å². The van der Waals surface area contributed by atoms with E-state index in [1.807, 2.05) is 0 Å². The number of rotatable bonds is 5. The molecule has 8 nitrogen and oxygen atoms in total. The average molecular weight is 294 g/mol. The number of carbonyl (C=O) groups is 2. The Morgan fingerprint density at radius 1 is 1.50 bits per heavy atom. The van der Waals surface area contributed by atoms with Crippen LogP contribution in [-0.2, 0) is 14.0 Å². The molecule has 0 aliphatic carbocycles. The normalized spacial score (nSPS) is 29.2. The Hall–Kier alpha value is -1.58. The van der Waals surface area contributed by atoms with Crippen molar-refractivity contribution in [2.45, 2.75) is 43.9 Å². The van der Waals surface area contributed by atoms with E-state index in [9.17, 15) is 24.2 Å². The molecule has 1 heterocycles. The van der Waals surface area contributed by atoms with E-state index in [0.717, 1.165) is 6.92 Å². The van der Waals surface area contributed by atoms with Gasteiger partial charge in [-0.05, 0) is 0 Å². The molecule has 20 heavy (non-hydrogen) atoms. The van der Waals surface area contributed by atoms with E-state index in [4.69, 9.17) is 14.6 Å². The summed E-state index contributed by atoms with van der Waals surface area (Å²) in [5.41, 5.74) is 0. The van der Waals surface area contributed by atoms with Crippen LogP contribution in [0.1, 0.15) is 13.3 Å². The number of alkyl halides is 1. The van der Waals surface area contributed by atoms with Gasteiger partial charge in [-0.1, -0.05) is 0 Å². The topological polar surface area (TPSA) is 138 Å². The van der Waals surface area contributed by atoms with Crippen LogP contribution in [0.15, 0.2) is 0 Å². The van der Waals surface area contributed by atoms with Gasteiger partial charge in [-0.15, -0.1) is 0 Å². The van der Waals surface area contributed by atoms with Crippen LogP contribution >= 0.6 is 0 Å². The van der Waals surface area contributed by atoms with Crippen molar-refractivity contribution in [1.29, 1.82) is 0 Å². The van der Waals surface area contributed by atoms with Gasteiger partial charge in [-0.25, -0.2) is 13.6 Å². The summed E-state index contributed by atoms with van der Waals surface area (Å²) >= 11 is 0. The molecule has 0 aromatic rings. The zero-order chi connectivity index (χ0) is 15.4. The van der Waals surface area contributed by atoms with E-state index in [1.54, 1.807) is 0 Å². The molecule has 0 fully saturated rings. The molecule has 0 aromatic heterocycles. The second-order valence-corrected chi connectivity index (χ2v) is 4.50. The van der Waals surface area contributed by atoms with Crippen molar-refractivity contribution < 1.29 is 38.8 Å². The van der Waals surface area contributed by atoms with Crippen molar-refractivity contribution in [2.24, 2.45) is 0 Å². The van der Waals surface area contributed by atoms with Crippen LogP contribution in [0.2, 0.25) is 0 Å². The van der Waals surface area contributed by atoms with Gasteiger partial charge in [0.05, 0.1) is 6.61 Å². The first kappa shape index (κ1) is 16.5. The maximum atomic E-state index is 13.6. The molecule has 114 valence electrons. The first-order valence-electron chi connectivity index (χ1n) is 5.92. The SMILES string of the molecule is CC(=O)N[C@@H]1C[C@@H](F)C(C(=O)O)=[O+][C@H]1[C@H](O)[C@H](O)CO. The summed E-state index contributed by atoms with van der Waals surface area (Å²) in [5, 5.41) is 39.1. The molecule has 5 N–H and O–H groups in total. The van der Waals surface area contributed by atoms with E-state index in [0.29, 0.717) is 0 Å². The van der Waals surface area contributed by atoms with Gasteiger partial charge in [0.15, 0.2) is 6.10 Å². The maximum Gasteiger partial charge on any atom is 0.437 e. The van der Waals surface area contributed by atoms with Crippen molar-refractivity contribution >= 4 is 17.7 Å². The number of aliphatic hydroxyl groups excluding tert-OH is 3. The van der Waals surface area contributed by atoms with Gasteiger partial charge in [-0.2, -0.15) is 0 Å². The lowest BCUT2D eigenvalue weighted by molar-refractivity contribution is -0.531. The molecule has 5 atom stereocenters. The zero-order valence-corrected chi connectivity index (χ0v) is 10.7. The van der Waals surface area contributed by atoms with Crippen LogP contribution in [-0.4, -0.2) is 75.2 Å². The van der Waals surface area contributed by atoms with E-state index in [2.05, 4.69) is 5.32 Å².